The molecule has 1 N–H and O–H groups in total. The Labute approximate surface area is 107 Å². The second-order valence-electron chi connectivity index (χ2n) is 3.76. The van der Waals surface area contributed by atoms with Gasteiger partial charge >= 0.3 is 5.97 Å². The lowest BCUT2D eigenvalue weighted by atomic mass is 10.1. The van der Waals surface area contributed by atoms with E-state index in [1.165, 1.54) is 6.08 Å². The van der Waals surface area contributed by atoms with Crippen molar-refractivity contribution >= 4 is 5.97 Å². The molecule has 0 saturated heterocycles. The maximum absolute atomic E-state index is 11.1. The molecule has 0 spiro atoms. The average molecular weight is 256 g/mol. The van der Waals surface area contributed by atoms with E-state index >= 15 is 0 Å². The van der Waals surface area contributed by atoms with Gasteiger partial charge in [0.1, 0.15) is 0 Å². The minimum Gasteiger partial charge on any atom is -0.463 e. The lowest BCUT2D eigenvalue weighted by Crippen LogP contribution is -2.36. The lowest BCUT2D eigenvalue weighted by Gasteiger charge is -2.28. The summed E-state index contributed by atoms with van der Waals surface area (Å²) < 4.78 is 15.6. The molecule has 0 aromatic rings. The van der Waals surface area contributed by atoms with Crippen molar-refractivity contribution in [2.75, 3.05) is 13.2 Å². The molecule has 0 unspecified atom stereocenters. The fourth-order valence-electron chi connectivity index (χ4n) is 1.57. The zero-order valence-corrected chi connectivity index (χ0v) is 10.7. The second-order valence-corrected chi connectivity index (χ2v) is 3.76. The van der Waals surface area contributed by atoms with Gasteiger partial charge in [0.2, 0.25) is 0 Å². The van der Waals surface area contributed by atoms with Gasteiger partial charge < -0.3 is 19.3 Å². The molecule has 5 nitrogen and oxygen atoms in total. The zero-order chi connectivity index (χ0) is 13.4. The van der Waals surface area contributed by atoms with Crippen molar-refractivity contribution in [3.63, 3.8) is 0 Å². The van der Waals surface area contributed by atoms with Gasteiger partial charge in [0.15, 0.2) is 6.29 Å². The van der Waals surface area contributed by atoms with Crippen molar-refractivity contribution in [2.45, 2.75) is 38.8 Å². The first-order valence-electron chi connectivity index (χ1n) is 6.14. The first-order chi connectivity index (χ1) is 8.67. The highest BCUT2D eigenvalue weighted by molar-refractivity contribution is 5.81. The normalized spacial score (nSPS) is 27.6. The lowest BCUT2D eigenvalue weighted by molar-refractivity contribution is -0.167. The van der Waals surface area contributed by atoms with E-state index < -0.39 is 18.5 Å². The van der Waals surface area contributed by atoms with Crippen molar-refractivity contribution in [1.82, 2.24) is 0 Å². The first-order valence-corrected chi connectivity index (χ1v) is 6.14. The number of aliphatic hydroxyl groups excluding tert-OH is 1. The minimum absolute atomic E-state index is 0.348. The van der Waals surface area contributed by atoms with Crippen LogP contribution in [0.3, 0.4) is 0 Å². The Balaban J connectivity index is 2.41. The van der Waals surface area contributed by atoms with Crippen LogP contribution in [0.5, 0.6) is 0 Å². The van der Waals surface area contributed by atoms with Crippen LogP contribution in [0.4, 0.5) is 0 Å². The fraction of sp³-hybridized carbons (Fsp3) is 0.615. The van der Waals surface area contributed by atoms with Gasteiger partial charge in [-0.3, -0.25) is 0 Å². The number of ether oxygens (including phenoxy) is 3. The summed E-state index contributed by atoms with van der Waals surface area (Å²) in [6.45, 7) is 4.51. The molecule has 3 atom stereocenters. The molecule has 0 saturated carbocycles. The highest BCUT2D eigenvalue weighted by atomic mass is 16.7. The van der Waals surface area contributed by atoms with Crippen molar-refractivity contribution in [1.29, 1.82) is 0 Å². The molecular weight excluding hydrogens is 236 g/mol. The molecule has 0 radical (unpaired) electrons. The number of rotatable bonds is 6. The quantitative estimate of drug-likeness (QED) is 0.439. The maximum Gasteiger partial charge on any atom is 0.330 e. The largest absolute Gasteiger partial charge is 0.463 e. The Morgan fingerprint density at radius 3 is 2.83 bits per heavy atom. The van der Waals surface area contributed by atoms with Crippen LogP contribution in [-0.2, 0) is 19.0 Å². The van der Waals surface area contributed by atoms with Gasteiger partial charge in [-0.1, -0.05) is 12.2 Å². The fourth-order valence-corrected chi connectivity index (χ4v) is 1.57. The summed E-state index contributed by atoms with van der Waals surface area (Å²) in [4.78, 5) is 11.1. The molecule has 1 rings (SSSR count). The Bertz CT molecular complexity index is 311. The number of esters is 1. The van der Waals surface area contributed by atoms with E-state index in [0.717, 1.165) is 0 Å². The third-order valence-electron chi connectivity index (χ3n) is 2.40. The predicted octanol–water partition coefficient (Wildman–Crippen LogP) is 1.17. The van der Waals surface area contributed by atoms with Crippen molar-refractivity contribution in [3.05, 3.63) is 24.3 Å². The molecule has 0 aliphatic carbocycles. The van der Waals surface area contributed by atoms with E-state index in [4.69, 9.17) is 14.2 Å². The van der Waals surface area contributed by atoms with Gasteiger partial charge in [0.05, 0.1) is 18.8 Å². The standard InChI is InChI=1S/C13H20O5/c1-3-16-12(15)7-5-6-11-10(14)8-9-13(18-11)17-4-2/h5,7-11,13-14H,3-4,6H2,1-2H3/b7-5+/t10-,11+,13-/m0/s1. The summed E-state index contributed by atoms with van der Waals surface area (Å²) >= 11 is 0. The van der Waals surface area contributed by atoms with E-state index in [0.29, 0.717) is 19.6 Å². The Morgan fingerprint density at radius 2 is 2.17 bits per heavy atom. The SMILES string of the molecule is CCOC(=O)/C=C/C[C@H]1O[C@H](OCC)C=C[C@@H]1O. The first kappa shape index (κ1) is 14.9. The molecule has 18 heavy (non-hydrogen) atoms. The summed E-state index contributed by atoms with van der Waals surface area (Å²) in [6.07, 6.45) is 5.20. The molecule has 1 heterocycles. The van der Waals surface area contributed by atoms with Gasteiger partial charge in [-0.25, -0.2) is 4.79 Å². The number of carbonyl (C=O) groups is 1. The topological polar surface area (TPSA) is 65.0 Å². The van der Waals surface area contributed by atoms with Gasteiger partial charge in [-0.2, -0.15) is 0 Å². The van der Waals surface area contributed by atoms with Crippen LogP contribution in [0.2, 0.25) is 0 Å². The smallest absolute Gasteiger partial charge is 0.330 e. The summed E-state index contributed by atoms with van der Waals surface area (Å²) in [7, 11) is 0. The number of hydrogen-bond acceptors (Lipinski definition) is 5. The molecule has 0 aromatic heterocycles. The Morgan fingerprint density at radius 1 is 1.39 bits per heavy atom. The van der Waals surface area contributed by atoms with E-state index in [1.54, 1.807) is 25.2 Å². The molecule has 0 bridgehead atoms. The van der Waals surface area contributed by atoms with Crippen LogP contribution in [0, 0.1) is 0 Å². The second kappa shape index (κ2) is 8.02. The summed E-state index contributed by atoms with van der Waals surface area (Å²) in [5, 5.41) is 9.71. The summed E-state index contributed by atoms with van der Waals surface area (Å²) in [6, 6.07) is 0. The maximum atomic E-state index is 11.1. The van der Waals surface area contributed by atoms with Gasteiger partial charge in [0.25, 0.3) is 0 Å². The molecule has 1 aliphatic rings. The van der Waals surface area contributed by atoms with Crippen LogP contribution < -0.4 is 0 Å². The monoisotopic (exact) mass is 256 g/mol. The predicted molar refractivity (Wildman–Crippen MR) is 65.8 cm³/mol. The molecule has 0 aromatic carbocycles. The van der Waals surface area contributed by atoms with Crippen LogP contribution in [0.1, 0.15) is 20.3 Å². The van der Waals surface area contributed by atoms with Crippen molar-refractivity contribution in [3.8, 4) is 0 Å². The molecule has 102 valence electrons. The van der Waals surface area contributed by atoms with Crippen molar-refractivity contribution in [2.24, 2.45) is 0 Å². The van der Waals surface area contributed by atoms with E-state index in [2.05, 4.69) is 0 Å². The van der Waals surface area contributed by atoms with Crippen LogP contribution >= 0.6 is 0 Å². The van der Waals surface area contributed by atoms with E-state index in [-0.39, 0.29) is 5.97 Å². The Hall–Kier alpha value is -1.17. The summed E-state index contributed by atoms with van der Waals surface area (Å²) in [5.41, 5.74) is 0. The number of carbonyl (C=O) groups excluding carboxylic acids is 1. The third-order valence-corrected chi connectivity index (χ3v) is 2.40. The zero-order valence-electron chi connectivity index (χ0n) is 10.7. The van der Waals surface area contributed by atoms with Gasteiger partial charge in [-0.15, -0.1) is 0 Å². The minimum atomic E-state index is -0.687. The van der Waals surface area contributed by atoms with Crippen molar-refractivity contribution < 1.29 is 24.1 Å². The average Bonchev–Trinajstić information content (AvgIpc) is 2.34. The van der Waals surface area contributed by atoms with E-state index in [9.17, 15) is 9.90 Å². The number of hydrogen-bond donors (Lipinski definition) is 1. The third kappa shape index (κ3) is 5.00. The van der Waals surface area contributed by atoms with Gasteiger partial charge in [-0.05, 0) is 26.3 Å². The molecule has 0 amide bonds. The highest BCUT2D eigenvalue weighted by Crippen LogP contribution is 2.17. The van der Waals surface area contributed by atoms with Crippen LogP contribution in [0.25, 0.3) is 0 Å². The highest BCUT2D eigenvalue weighted by Gasteiger charge is 2.24. The molecule has 1 aliphatic heterocycles. The number of aliphatic hydroxyl groups is 1. The van der Waals surface area contributed by atoms with E-state index in [1.807, 2.05) is 6.92 Å². The van der Waals surface area contributed by atoms with Crippen LogP contribution in [-0.4, -0.2) is 42.8 Å². The molecular formula is C13H20O5. The molecule has 0 fully saturated rings. The van der Waals surface area contributed by atoms with Crippen LogP contribution in [0.15, 0.2) is 24.3 Å². The van der Waals surface area contributed by atoms with Gasteiger partial charge in [0, 0.05) is 12.7 Å². The Kier molecular flexibility index (Phi) is 6.64. The molecule has 5 heteroatoms. The summed E-state index contributed by atoms with van der Waals surface area (Å²) in [5.74, 6) is -0.389.